The molecule has 0 radical (unpaired) electrons. The smallest absolute Gasteiger partial charge is 0.295 e. The molecule has 140 valence electrons. The van der Waals surface area contributed by atoms with E-state index in [0.717, 1.165) is 17.7 Å². The average molecular weight is 396 g/mol. The van der Waals surface area contributed by atoms with Gasteiger partial charge in [-0.2, -0.15) is 5.26 Å². The van der Waals surface area contributed by atoms with E-state index in [1.807, 2.05) is 30.3 Å². The predicted octanol–water partition coefficient (Wildman–Crippen LogP) is 4.84. The molecule has 0 saturated heterocycles. The maximum absolute atomic E-state index is 13.2. The Morgan fingerprint density at radius 1 is 1.39 bits per heavy atom. The number of anilines is 1. The molecule has 0 aliphatic carbocycles. The fourth-order valence-corrected chi connectivity index (χ4v) is 3.18. The SMILES string of the molecule is COc1cccc(-c2csc(C(C#N)=CNc3ccc(F)cc3[N+](=O)[O-])n2)c1. The molecule has 1 heterocycles. The number of methoxy groups -OCH3 is 1. The van der Waals surface area contributed by atoms with Gasteiger partial charge in [-0.1, -0.05) is 12.1 Å². The number of allylic oxidation sites excluding steroid dienone is 1. The number of hydrogen-bond donors (Lipinski definition) is 1. The number of nitro groups is 1. The van der Waals surface area contributed by atoms with E-state index in [0.29, 0.717) is 16.5 Å². The van der Waals surface area contributed by atoms with E-state index in [2.05, 4.69) is 10.3 Å². The molecule has 0 aliphatic rings. The van der Waals surface area contributed by atoms with Gasteiger partial charge in [-0.25, -0.2) is 9.37 Å². The van der Waals surface area contributed by atoms with Crippen LogP contribution in [0.4, 0.5) is 15.8 Å². The maximum atomic E-state index is 13.2. The first kappa shape index (κ1) is 19.0. The lowest BCUT2D eigenvalue weighted by Gasteiger charge is -2.03. The van der Waals surface area contributed by atoms with Gasteiger partial charge >= 0.3 is 0 Å². The van der Waals surface area contributed by atoms with E-state index in [4.69, 9.17) is 4.74 Å². The summed E-state index contributed by atoms with van der Waals surface area (Å²) in [6.45, 7) is 0. The second-order valence-electron chi connectivity index (χ2n) is 5.50. The van der Waals surface area contributed by atoms with Gasteiger partial charge in [-0.15, -0.1) is 11.3 Å². The van der Waals surface area contributed by atoms with Crippen LogP contribution in [0.3, 0.4) is 0 Å². The summed E-state index contributed by atoms with van der Waals surface area (Å²) in [6.07, 6.45) is 1.31. The van der Waals surface area contributed by atoms with Gasteiger partial charge in [0.1, 0.15) is 33.9 Å². The van der Waals surface area contributed by atoms with Crippen LogP contribution in [0.25, 0.3) is 16.8 Å². The fraction of sp³-hybridized carbons (Fsp3) is 0.0526. The Hall–Kier alpha value is -3.77. The van der Waals surface area contributed by atoms with Crippen molar-refractivity contribution in [3.05, 3.63) is 75.0 Å². The highest BCUT2D eigenvalue weighted by Gasteiger charge is 2.15. The highest BCUT2D eigenvalue weighted by molar-refractivity contribution is 7.11. The van der Waals surface area contributed by atoms with Crippen LogP contribution in [-0.4, -0.2) is 17.0 Å². The van der Waals surface area contributed by atoms with Gasteiger partial charge in [0.2, 0.25) is 0 Å². The molecule has 3 aromatic rings. The minimum Gasteiger partial charge on any atom is -0.497 e. The molecule has 1 aromatic heterocycles. The molecule has 0 unspecified atom stereocenters. The molecule has 9 heteroatoms. The molecule has 0 aliphatic heterocycles. The number of hydrogen-bond acceptors (Lipinski definition) is 7. The van der Waals surface area contributed by atoms with Crippen molar-refractivity contribution in [2.24, 2.45) is 0 Å². The van der Waals surface area contributed by atoms with Crippen molar-refractivity contribution in [3.63, 3.8) is 0 Å². The zero-order valence-corrected chi connectivity index (χ0v) is 15.4. The summed E-state index contributed by atoms with van der Waals surface area (Å²) in [5, 5.41) is 25.4. The Balaban J connectivity index is 1.88. The Bertz CT molecular complexity index is 1100. The monoisotopic (exact) mass is 396 g/mol. The number of halogens is 1. The van der Waals surface area contributed by atoms with Crippen LogP contribution in [0, 0.1) is 27.3 Å². The summed E-state index contributed by atoms with van der Waals surface area (Å²) in [4.78, 5) is 14.8. The third-order valence-corrected chi connectivity index (χ3v) is 4.62. The van der Waals surface area contributed by atoms with Gasteiger partial charge in [0.15, 0.2) is 0 Å². The molecular weight excluding hydrogens is 383 g/mol. The summed E-state index contributed by atoms with van der Waals surface area (Å²) in [5.41, 5.74) is 1.35. The molecule has 0 atom stereocenters. The van der Waals surface area contributed by atoms with E-state index < -0.39 is 16.4 Å². The number of aromatic nitrogens is 1. The first-order valence-electron chi connectivity index (χ1n) is 7.93. The van der Waals surface area contributed by atoms with Gasteiger partial charge in [0.25, 0.3) is 5.69 Å². The average Bonchev–Trinajstić information content (AvgIpc) is 3.19. The molecule has 0 bridgehead atoms. The normalized spacial score (nSPS) is 11.0. The van der Waals surface area contributed by atoms with Crippen molar-refractivity contribution in [1.82, 2.24) is 4.98 Å². The molecule has 0 amide bonds. The summed E-state index contributed by atoms with van der Waals surface area (Å²) in [5.74, 6) is -0.0297. The van der Waals surface area contributed by atoms with Gasteiger partial charge in [-0.05, 0) is 24.3 Å². The highest BCUT2D eigenvalue weighted by Crippen LogP contribution is 2.29. The van der Waals surface area contributed by atoms with E-state index >= 15 is 0 Å². The molecule has 7 nitrogen and oxygen atoms in total. The van der Waals surface area contributed by atoms with Gasteiger partial charge in [-0.3, -0.25) is 10.1 Å². The van der Waals surface area contributed by atoms with Gasteiger partial charge in [0.05, 0.1) is 23.8 Å². The first-order chi connectivity index (χ1) is 13.5. The van der Waals surface area contributed by atoms with Gasteiger partial charge < -0.3 is 10.1 Å². The number of ether oxygens (including phenoxy) is 1. The number of nitrogens with one attached hydrogen (secondary N) is 1. The second kappa shape index (κ2) is 8.28. The number of benzene rings is 2. The van der Waals surface area contributed by atoms with E-state index in [1.165, 1.54) is 23.6 Å². The third-order valence-electron chi connectivity index (χ3n) is 3.75. The number of thiazole rings is 1. The summed E-state index contributed by atoms with van der Waals surface area (Å²) in [7, 11) is 1.57. The molecule has 3 rings (SSSR count). The highest BCUT2D eigenvalue weighted by atomic mass is 32.1. The first-order valence-corrected chi connectivity index (χ1v) is 8.81. The van der Waals surface area contributed by atoms with Crippen molar-refractivity contribution in [2.45, 2.75) is 0 Å². The van der Waals surface area contributed by atoms with Crippen LogP contribution >= 0.6 is 11.3 Å². The van der Waals surface area contributed by atoms with Crippen molar-refractivity contribution in [3.8, 4) is 23.1 Å². The second-order valence-corrected chi connectivity index (χ2v) is 6.36. The van der Waals surface area contributed by atoms with Crippen LogP contribution in [0.2, 0.25) is 0 Å². The Labute approximate surface area is 163 Å². The lowest BCUT2D eigenvalue weighted by molar-refractivity contribution is -0.384. The predicted molar refractivity (Wildman–Crippen MR) is 104 cm³/mol. The lowest BCUT2D eigenvalue weighted by atomic mass is 10.1. The van der Waals surface area contributed by atoms with Crippen LogP contribution in [0.5, 0.6) is 5.75 Å². The van der Waals surface area contributed by atoms with E-state index in [9.17, 15) is 19.8 Å². The van der Waals surface area contributed by atoms with Crippen LogP contribution in [-0.2, 0) is 0 Å². The Kier molecular flexibility index (Phi) is 5.62. The minimum absolute atomic E-state index is 0.0729. The summed E-state index contributed by atoms with van der Waals surface area (Å²) < 4.78 is 18.4. The number of nitriles is 1. The molecule has 0 fully saturated rings. The van der Waals surface area contributed by atoms with Crippen molar-refractivity contribution < 1.29 is 14.1 Å². The molecule has 0 saturated carbocycles. The molecule has 2 aromatic carbocycles. The van der Waals surface area contributed by atoms with Crippen LogP contribution < -0.4 is 10.1 Å². The topological polar surface area (TPSA) is 101 Å². The van der Waals surface area contributed by atoms with Crippen LogP contribution in [0.15, 0.2) is 54.0 Å². The summed E-state index contributed by atoms with van der Waals surface area (Å²) in [6, 6.07) is 12.5. The van der Waals surface area contributed by atoms with Crippen molar-refractivity contribution in [2.75, 3.05) is 12.4 Å². The minimum atomic E-state index is -0.718. The lowest BCUT2D eigenvalue weighted by Crippen LogP contribution is -1.97. The summed E-state index contributed by atoms with van der Waals surface area (Å²) >= 11 is 1.26. The molecule has 0 spiro atoms. The van der Waals surface area contributed by atoms with Gasteiger partial charge in [0, 0.05) is 17.1 Å². The van der Waals surface area contributed by atoms with E-state index in [-0.39, 0.29) is 11.3 Å². The van der Waals surface area contributed by atoms with Crippen molar-refractivity contribution in [1.29, 1.82) is 5.26 Å². The third kappa shape index (κ3) is 4.13. The number of nitro benzene ring substituents is 1. The fourth-order valence-electron chi connectivity index (χ4n) is 2.38. The maximum Gasteiger partial charge on any atom is 0.295 e. The van der Waals surface area contributed by atoms with E-state index in [1.54, 1.807) is 12.5 Å². The standard InChI is InChI=1S/C19H13FN4O3S/c1-27-15-4-2-3-12(7-15)17-11-28-19(23-17)13(9-21)10-22-16-6-5-14(20)8-18(16)24(25)26/h2-8,10-11,22H,1H3. The zero-order valence-electron chi connectivity index (χ0n) is 14.5. The van der Waals surface area contributed by atoms with Crippen molar-refractivity contribution >= 4 is 28.3 Å². The number of rotatable bonds is 6. The Morgan fingerprint density at radius 2 is 2.21 bits per heavy atom. The number of nitrogens with zero attached hydrogens (tertiary/aromatic N) is 3. The molecule has 1 N–H and O–H groups in total. The molecular formula is C19H13FN4O3S. The van der Waals surface area contributed by atoms with Crippen LogP contribution in [0.1, 0.15) is 5.01 Å². The zero-order chi connectivity index (χ0) is 20.1. The largest absolute Gasteiger partial charge is 0.497 e. The molecule has 28 heavy (non-hydrogen) atoms. The Morgan fingerprint density at radius 3 is 2.93 bits per heavy atom. The quantitative estimate of drug-likeness (QED) is 0.363.